The SMILES string of the molecule is c1ccc(-c2cccc3c2oc2c(N(c4ccc(-c5cccc6c5oc5ccccc56)cc4)c4ccc5sc6ccccc6c5c4)cccc23)cc1. The number of benzene rings is 8. The molecule has 4 heteroatoms. The first-order chi connectivity index (χ1) is 25.8. The van der Waals surface area contributed by atoms with E-state index in [1.807, 2.05) is 29.5 Å². The molecule has 0 N–H and O–H groups in total. The summed E-state index contributed by atoms with van der Waals surface area (Å²) in [7, 11) is 0. The van der Waals surface area contributed by atoms with Crippen LogP contribution in [0.5, 0.6) is 0 Å². The summed E-state index contributed by atoms with van der Waals surface area (Å²) in [6.07, 6.45) is 0. The fourth-order valence-electron chi connectivity index (χ4n) is 7.87. The summed E-state index contributed by atoms with van der Waals surface area (Å²) in [5.41, 5.74) is 11.0. The van der Waals surface area contributed by atoms with Gasteiger partial charge in [-0.2, -0.15) is 0 Å². The number of nitrogens with zero attached hydrogens (tertiary/aromatic N) is 1. The zero-order valence-electron chi connectivity index (χ0n) is 27.9. The molecule has 0 saturated carbocycles. The molecule has 0 aliphatic heterocycles. The average molecular weight is 684 g/mol. The van der Waals surface area contributed by atoms with Crippen molar-refractivity contribution in [2.75, 3.05) is 4.90 Å². The van der Waals surface area contributed by atoms with Crippen LogP contribution in [0.1, 0.15) is 0 Å². The first-order valence-corrected chi connectivity index (χ1v) is 18.3. The summed E-state index contributed by atoms with van der Waals surface area (Å²) in [5.74, 6) is 0. The van der Waals surface area contributed by atoms with E-state index in [9.17, 15) is 0 Å². The lowest BCUT2D eigenvalue weighted by molar-refractivity contribution is 0.670. The highest BCUT2D eigenvalue weighted by Crippen LogP contribution is 2.46. The molecule has 11 rings (SSSR count). The van der Waals surface area contributed by atoms with Crippen LogP contribution < -0.4 is 4.90 Å². The van der Waals surface area contributed by atoms with Gasteiger partial charge >= 0.3 is 0 Å². The first kappa shape index (κ1) is 29.1. The largest absolute Gasteiger partial charge is 0.455 e. The molecule has 0 bridgehead atoms. The van der Waals surface area contributed by atoms with Gasteiger partial charge in [-0.3, -0.25) is 0 Å². The number of anilines is 3. The second kappa shape index (κ2) is 11.5. The van der Waals surface area contributed by atoms with Crippen molar-refractivity contribution in [1.82, 2.24) is 0 Å². The van der Waals surface area contributed by atoms with Gasteiger partial charge in [0.25, 0.3) is 0 Å². The van der Waals surface area contributed by atoms with Crippen LogP contribution in [0.4, 0.5) is 17.1 Å². The van der Waals surface area contributed by atoms with E-state index in [0.717, 1.165) is 83.2 Å². The maximum atomic E-state index is 6.95. The van der Waals surface area contributed by atoms with Gasteiger partial charge in [-0.1, -0.05) is 127 Å². The maximum absolute atomic E-state index is 6.95. The molecule has 8 aromatic carbocycles. The average Bonchev–Trinajstić information content (AvgIpc) is 3.90. The summed E-state index contributed by atoms with van der Waals surface area (Å²) < 4.78 is 15.9. The maximum Gasteiger partial charge on any atom is 0.159 e. The molecule has 11 aromatic rings. The predicted molar refractivity (Wildman–Crippen MR) is 219 cm³/mol. The molecule has 0 amide bonds. The normalized spacial score (nSPS) is 11.8. The molecule has 0 unspecified atom stereocenters. The third kappa shape index (κ3) is 4.45. The molecule has 0 radical (unpaired) electrons. The molecule has 0 aliphatic carbocycles. The Balaban J connectivity index is 1.12. The molecular formula is C48H29NO2S. The Bertz CT molecular complexity index is 3130. The smallest absolute Gasteiger partial charge is 0.159 e. The van der Waals surface area contributed by atoms with Gasteiger partial charge < -0.3 is 13.7 Å². The molecule has 3 heterocycles. The highest BCUT2D eigenvalue weighted by atomic mass is 32.1. The van der Waals surface area contributed by atoms with Crippen LogP contribution in [0.2, 0.25) is 0 Å². The van der Waals surface area contributed by atoms with Gasteiger partial charge in [0.1, 0.15) is 16.7 Å². The Kier molecular flexibility index (Phi) is 6.42. The molecule has 0 atom stereocenters. The third-order valence-corrected chi connectivity index (χ3v) is 11.4. The number of rotatable bonds is 5. The monoisotopic (exact) mass is 683 g/mol. The lowest BCUT2D eigenvalue weighted by atomic mass is 10.0. The number of hydrogen-bond acceptors (Lipinski definition) is 4. The van der Waals surface area contributed by atoms with Gasteiger partial charge in [0.05, 0.1) is 5.69 Å². The number of thiophene rings is 1. The summed E-state index contributed by atoms with van der Waals surface area (Å²) in [6, 6.07) is 62.4. The topological polar surface area (TPSA) is 29.5 Å². The van der Waals surface area contributed by atoms with Crippen LogP contribution in [0, 0.1) is 0 Å². The van der Waals surface area contributed by atoms with E-state index in [1.54, 1.807) is 0 Å². The van der Waals surface area contributed by atoms with E-state index in [4.69, 9.17) is 8.83 Å². The number of hydrogen-bond donors (Lipinski definition) is 0. The summed E-state index contributed by atoms with van der Waals surface area (Å²) in [6.45, 7) is 0. The van der Waals surface area contributed by atoms with Gasteiger partial charge in [-0.25, -0.2) is 0 Å². The minimum absolute atomic E-state index is 0.854. The van der Waals surface area contributed by atoms with E-state index in [-0.39, 0.29) is 0 Å². The quantitative estimate of drug-likeness (QED) is 0.181. The van der Waals surface area contributed by atoms with Crippen LogP contribution >= 0.6 is 11.3 Å². The summed E-state index contributed by atoms with van der Waals surface area (Å²) >= 11 is 1.83. The first-order valence-electron chi connectivity index (χ1n) is 17.5. The van der Waals surface area contributed by atoms with Crippen molar-refractivity contribution in [3.63, 3.8) is 0 Å². The molecule has 0 saturated heterocycles. The van der Waals surface area contributed by atoms with Crippen LogP contribution in [0.3, 0.4) is 0 Å². The van der Waals surface area contributed by atoms with Gasteiger partial charge in [-0.05, 0) is 59.7 Å². The van der Waals surface area contributed by atoms with Crippen molar-refractivity contribution in [3.8, 4) is 22.3 Å². The second-order valence-corrected chi connectivity index (χ2v) is 14.3. The molecular weight excluding hydrogens is 655 g/mol. The zero-order chi connectivity index (χ0) is 34.2. The third-order valence-electron chi connectivity index (χ3n) is 10.3. The molecule has 0 aliphatic rings. The van der Waals surface area contributed by atoms with Crippen LogP contribution in [0.25, 0.3) is 86.3 Å². The van der Waals surface area contributed by atoms with E-state index in [0.29, 0.717) is 0 Å². The van der Waals surface area contributed by atoms with Crippen molar-refractivity contribution < 1.29 is 8.83 Å². The Morgan fingerprint density at radius 2 is 0.942 bits per heavy atom. The fourth-order valence-corrected chi connectivity index (χ4v) is 8.96. The second-order valence-electron chi connectivity index (χ2n) is 13.2. The Morgan fingerprint density at radius 3 is 1.75 bits per heavy atom. The number of furan rings is 2. The highest BCUT2D eigenvalue weighted by molar-refractivity contribution is 7.25. The van der Waals surface area contributed by atoms with E-state index in [1.165, 1.54) is 20.2 Å². The van der Waals surface area contributed by atoms with Crippen molar-refractivity contribution in [2.45, 2.75) is 0 Å². The van der Waals surface area contributed by atoms with Crippen molar-refractivity contribution in [1.29, 1.82) is 0 Å². The molecule has 52 heavy (non-hydrogen) atoms. The van der Waals surface area contributed by atoms with E-state index < -0.39 is 0 Å². The van der Waals surface area contributed by atoms with E-state index in [2.05, 4.69) is 163 Å². The zero-order valence-corrected chi connectivity index (χ0v) is 28.7. The predicted octanol–water partition coefficient (Wildman–Crippen LogP) is 14.7. The number of para-hydroxylation sites is 4. The van der Waals surface area contributed by atoms with Crippen LogP contribution in [-0.4, -0.2) is 0 Å². The Hall–Kier alpha value is -6.62. The summed E-state index contributed by atoms with van der Waals surface area (Å²) in [5, 5.41) is 6.97. The molecule has 3 nitrogen and oxygen atoms in total. The minimum atomic E-state index is 0.854. The highest BCUT2D eigenvalue weighted by Gasteiger charge is 2.22. The molecule has 3 aromatic heterocycles. The summed E-state index contributed by atoms with van der Waals surface area (Å²) in [4.78, 5) is 2.34. The number of fused-ring (bicyclic) bond motifs is 9. The lowest BCUT2D eigenvalue weighted by Gasteiger charge is -2.26. The van der Waals surface area contributed by atoms with Gasteiger partial charge in [0, 0.05) is 64.2 Å². The molecule has 244 valence electrons. The van der Waals surface area contributed by atoms with Gasteiger partial charge in [-0.15, -0.1) is 11.3 Å². The van der Waals surface area contributed by atoms with Crippen molar-refractivity contribution in [2.24, 2.45) is 0 Å². The van der Waals surface area contributed by atoms with Gasteiger partial charge in [0.2, 0.25) is 0 Å². The molecule has 0 spiro atoms. The van der Waals surface area contributed by atoms with Crippen LogP contribution in [0.15, 0.2) is 185 Å². The van der Waals surface area contributed by atoms with E-state index >= 15 is 0 Å². The van der Waals surface area contributed by atoms with Gasteiger partial charge in [0.15, 0.2) is 5.58 Å². The molecule has 0 fully saturated rings. The fraction of sp³-hybridized carbons (Fsp3) is 0. The Morgan fingerprint density at radius 1 is 0.365 bits per heavy atom. The van der Waals surface area contributed by atoms with Crippen molar-refractivity contribution in [3.05, 3.63) is 176 Å². The van der Waals surface area contributed by atoms with Crippen molar-refractivity contribution >= 4 is 92.4 Å². The Labute approximate surface area is 303 Å². The standard InChI is InChI=1S/C48H29NO2S/c1-2-11-30(12-3-1)34-15-9-18-39-40-19-10-20-42(48(40)51-47(34)39)49(33-27-28-45-41(29-33)37-14-5-7-22-44(37)52-45)32-25-23-31(24-26-32)35-16-8-17-38-36-13-4-6-21-43(36)50-46(35)38/h1-29H. The minimum Gasteiger partial charge on any atom is -0.455 e. The van der Waals surface area contributed by atoms with Crippen LogP contribution in [-0.2, 0) is 0 Å². The lowest BCUT2D eigenvalue weighted by Crippen LogP contribution is -2.10.